The lowest BCUT2D eigenvalue weighted by molar-refractivity contribution is -0.139. The van der Waals surface area contributed by atoms with E-state index in [9.17, 15) is 9.59 Å². The molecule has 0 saturated heterocycles. The third-order valence-corrected chi connectivity index (χ3v) is 3.25. The Kier molecular flexibility index (Phi) is 4.01. The fourth-order valence-corrected chi connectivity index (χ4v) is 2.04. The maximum atomic E-state index is 11.5. The van der Waals surface area contributed by atoms with Gasteiger partial charge in [-0.2, -0.15) is 0 Å². The predicted molar refractivity (Wildman–Crippen MR) is 74.1 cm³/mol. The third kappa shape index (κ3) is 3.21. The summed E-state index contributed by atoms with van der Waals surface area (Å²) in [6.45, 7) is 1.84. The van der Waals surface area contributed by atoms with Gasteiger partial charge in [0.25, 0.3) is 0 Å². The van der Waals surface area contributed by atoms with Gasteiger partial charge in [-0.15, -0.1) is 0 Å². The Hall–Kier alpha value is -1.66. The van der Waals surface area contributed by atoms with Gasteiger partial charge in [0.2, 0.25) is 0 Å². The van der Waals surface area contributed by atoms with E-state index in [1.54, 1.807) is 13.0 Å². The van der Waals surface area contributed by atoms with Gasteiger partial charge in [0.15, 0.2) is 0 Å². The van der Waals surface area contributed by atoms with Gasteiger partial charge in [0, 0.05) is 22.5 Å². The molecule has 1 aromatic carbocycles. The normalized spacial score (nSPS) is 12.5. The van der Waals surface area contributed by atoms with Gasteiger partial charge in [0.1, 0.15) is 11.6 Å². The van der Waals surface area contributed by atoms with Crippen molar-refractivity contribution in [3.8, 4) is 0 Å². The minimum absolute atomic E-state index is 0.289. The summed E-state index contributed by atoms with van der Waals surface area (Å²) in [7, 11) is 0. The van der Waals surface area contributed by atoms with Gasteiger partial charge in [-0.25, -0.2) is 4.79 Å². The van der Waals surface area contributed by atoms with Crippen LogP contribution in [0, 0.1) is 0 Å². The van der Waals surface area contributed by atoms with Gasteiger partial charge >= 0.3 is 11.6 Å². The molecule has 2 N–H and O–H groups in total. The summed E-state index contributed by atoms with van der Waals surface area (Å²) in [5.41, 5.74) is 0.735. The van der Waals surface area contributed by atoms with Crippen LogP contribution in [0.3, 0.4) is 0 Å². The highest BCUT2D eigenvalue weighted by Crippen LogP contribution is 2.21. The lowest BCUT2D eigenvalue weighted by Crippen LogP contribution is -2.33. The van der Waals surface area contributed by atoms with E-state index in [0.717, 1.165) is 9.86 Å². The van der Waals surface area contributed by atoms with Crippen molar-refractivity contribution in [2.24, 2.45) is 0 Å². The van der Waals surface area contributed by atoms with Gasteiger partial charge in [-0.1, -0.05) is 15.9 Å². The standard InChI is InChI=1S/C13H12BrNO4/c1-7(13(17)18)15-6-8-4-12(16)19-11-5-9(14)2-3-10(8)11/h2-5,7,15H,6H2,1H3,(H,17,18)/t7-/m1/s1. The molecule has 1 aromatic heterocycles. The van der Waals surface area contributed by atoms with Crippen LogP contribution < -0.4 is 10.9 Å². The zero-order valence-corrected chi connectivity index (χ0v) is 11.7. The molecule has 6 heteroatoms. The topological polar surface area (TPSA) is 79.5 Å². The zero-order valence-electron chi connectivity index (χ0n) is 10.1. The van der Waals surface area contributed by atoms with E-state index in [-0.39, 0.29) is 6.54 Å². The maximum absolute atomic E-state index is 11.5. The number of halogens is 1. The molecule has 1 heterocycles. The van der Waals surface area contributed by atoms with Crippen molar-refractivity contribution >= 4 is 32.9 Å². The summed E-state index contributed by atoms with van der Waals surface area (Å²) >= 11 is 3.31. The van der Waals surface area contributed by atoms with Crippen molar-refractivity contribution in [2.75, 3.05) is 0 Å². The van der Waals surface area contributed by atoms with Gasteiger partial charge in [-0.3, -0.25) is 4.79 Å². The first kappa shape index (κ1) is 13.8. The first-order chi connectivity index (χ1) is 8.97. The summed E-state index contributed by atoms with van der Waals surface area (Å²) in [6, 6.07) is 6.06. The molecule has 0 saturated carbocycles. The van der Waals surface area contributed by atoms with Crippen molar-refractivity contribution in [2.45, 2.75) is 19.5 Å². The molecule has 100 valence electrons. The van der Waals surface area contributed by atoms with Crippen LogP contribution in [0.25, 0.3) is 11.0 Å². The molecular formula is C13H12BrNO4. The van der Waals surface area contributed by atoms with Gasteiger partial charge in [0.05, 0.1) is 0 Å². The molecule has 5 nitrogen and oxygen atoms in total. The Morgan fingerprint density at radius 3 is 2.89 bits per heavy atom. The lowest BCUT2D eigenvalue weighted by Gasteiger charge is -2.10. The number of carboxylic acid groups (broad SMARTS) is 1. The highest BCUT2D eigenvalue weighted by atomic mass is 79.9. The Labute approximate surface area is 117 Å². The Bertz CT molecular complexity index is 680. The summed E-state index contributed by atoms with van der Waals surface area (Å²) in [6.07, 6.45) is 0. The first-order valence-corrected chi connectivity index (χ1v) is 6.45. The molecule has 2 aromatic rings. The van der Waals surface area contributed by atoms with Crippen molar-refractivity contribution in [1.82, 2.24) is 5.32 Å². The SMILES string of the molecule is C[C@@H](NCc1cc(=O)oc2cc(Br)ccc12)C(=O)O. The number of fused-ring (bicyclic) bond motifs is 1. The first-order valence-electron chi connectivity index (χ1n) is 5.66. The quantitative estimate of drug-likeness (QED) is 0.842. The van der Waals surface area contributed by atoms with E-state index in [0.29, 0.717) is 11.1 Å². The largest absolute Gasteiger partial charge is 0.480 e. The second-order valence-corrected chi connectivity index (χ2v) is 5.09. The average Bonchev–Trinajstić information content (AvgIpc) is 2.34. The molecule has 1 atom stereocenters. The maximum Gasteiger partial charge on any atom is 0.336 e. The Morgan fingerprint density at radius 2 is 2.21 bits per heavy atom. The molecule has 0 bridgehead atoms. The Balaban J connectivity index is 2.37. The molecule has 0 aliphatic heterocycles. The minimum atomic E-state index is -0.935. The second-order valence-electron chi connectivity index (χ2n) is 4.17. The molecule has 2 rings (SSSR count). The molecule has 0 spiro atoms. The minimum Gasteiger partial charge on any atom is -0.480 e. The van der Waals surface area contributed by atoms with E-state index in [2.05, 4.69) is 21.2 Å². The number of benzene rings is 1. The molecule has 0 unspecified atom stereocenters. The van der Waals surface area contributed by atoms with Crippen LogP contribution >= 0.6 is 15.9 Å². The summed E-state index contributed by atoms with van der Waals surface area (Å²) in [5, 5.41) is 12.4. The molecule has 0 aliphatic rings. The number of aliphatic carboxylic acids is 1. The highest BCUT2D eigenvalue weighted by molar-refractivity contribution is 9.10. The van der Waals surface area contributed by atoms with Crippen LogP contribution in [0.5, 0.6) is 0 Å². The van der Waals surface area contributed by atoms with Crippen molar-refractivity contribution in [3.05, 3.63) is 44.7 Å². The summed E-state index contributed by atoms with van der Waals surface area (Å²) in [5.74, 6) is -0.935. The van der Waals surface area contributed by atoms with Crippen LogP contribution in [0.15, 0.2) is 37.9 Å². The number of hydrogen-bond donors (Lipinski definition) is 2. The third-order valence-electron chi connectivity index (χ3n) is 2.76. The average molecular weight is 326 g/mol. The van der Waals surface area contributed by atoms with E-state index in [1.165, 1.54) is 6.07 Å². The van der Waals surface area contributed by atoms with E-state index in [4.69, 9.17) is 9.52 Å². The van der Waals surface area contributed by atoms with Crippen LogP contribution in [-0.4, -0.2) is 17.1 Å². The van der Waals surface area contributed by atoms with Crippen molar-refractivity contribution < 1.29 is 14.3 Å². The molecule has 0 fully saturated rings. The smallest absolute Gasteiger partial charge is 0.336 e. The van der Waals surface area contributed by atoms with E-state index >= 15 is 0 Å². The molecule has 0 radical (unpaired) electrons. The van der Waals surface area contributed by atoms with Gasteiger partial charge in [-0.05, 0) is 30.7 Å². The number of carboxylic acids is 1. The monoisotopic (exact) mass is 325 g/mol. The molecule has 0 aliphatic carbocycles. The van der Waals surface area contributed by atoms with Crippen LogP contribution in [0.4, 0.5) is 0 Å². The second kappa shape index (κ2) is 5.54. The number of rotatable bonds is 4. The Morgan fingerprint density at radius 1 is 1.47 bits per heavy atom. The summed E-state index contributed by atoms with van der Waals surface area (Å²) < 4.78 is 5.92. The highest BCUT2D eigenvalue weighted by Gasteiger charge is 2.11. The lowest BCUT2D eigenvalue weighted by atomic mass is 10.1. The van der Waals surface area contributed by atoms with E-state index in [1.807, 2.05) is 12.1 Å². The van der Waals surface area contributed by atoms with Crippen LogP contribution in [0.1, 0.15) is 12.5 Å². The number of carbonyl (C=O) groups is 1. The molecule has 19 heavy (non-hydrogen) atoms. The molecule has 0 amide bonds. The van der Waals surface area contributed by atoms with Crippen molar-refractivity contribution in [1.29, 1.82) is 0 Å². The fourth-order valence-electron chi connectivity index (χ4n) is 1.70. The van der Waals surface area contributed by atoms with Crippen LogP contribution in [0.2, 0.25) is 0 Å². The predicted octanol–water partition coefficient (Wildman–Crippen LogP) is 2.12. The van der Waals surface area contributed by atoms with E-state index < -0.39 is 17.6 Å². The molecular weight excluding hydrogens is 314 g/mol. The van der Waals surface area contributed by atoms with Crippen LogP contribution in [-0.2, 0) is 11.3 Å². The number of hydrogen-bond acceptors (Lipinski definition) is 4. The van der Waals surface area contributed by atoms with Gasteiger partial charge < -0.3 is 14.8 Å². The fraction of sp³-hybridized carbons (Fsp3) is 0.231. The van der Waals surface area contributed by atoms with Crippen molar-refractivity contribution in [3.63, 3.8) is 0 Å². The zero-order chi connectivity index (χ0) is 14.0. The number of nitrogens with one attached hydrogen (secondary N) is 1. The summed E-state index contributed by atoms with van der Waals surface area (Å²) in [4.78, 5) is 22.2.